The Balaban J connectivity index is 1.50. The van der Waals surface area contributed by atoms with E-state index in [0.717, 1.165) is 31.2 Å². The van der Waals surface area contributed by atoms with Crippen molar-refractivity contribution in [2.45, 2.75) is 32.2 Å². The molecule has 1 heterocycles. The summed E-state index contributed by atoms with van der Waals surface area (Å²) in [6.07, 6.45) is 3.90. The van der Waals surface area contributed by atoms with Gasteiger partial charge in [0, 0.05) is 11.5 Å². The number of rotatable bonds is 4. The van der Waals surface area contributed by atoms with Crippen LogP contribution in [0.4, 0.5) is 0 Å². The van der Waals surface area contributed by atoms with Gasteiger partial charge in [0.2, 0.25) is 11.7 Å². The molecule has 0 unspecified atom stereocenters. The van der Waals surface area contributed by atoms with E-state index in [1.54, 1.807) is 0 Å². The molecule has 2 aromatic rings. The number of aromatic nitrogens is 4. The molecule has 8 nitrogen and oxygen atoms in total. The molecule has 1 saturated carbocycles. The van der Waals surface area contributed by atoms with E-state index in [4.69, 9.17) is 0 Å². The smallest absolute Gasteiger partial charge is 0.262 e. The van der Waals surface area contributed by atoms with E-state index in [0.29, 0.717) is 5.82 Å². The second-order valence-corrected chi connectivity index (χ2v) is 5.53. The van der Waals surface area contributed by atoms with E-state index in [9.17, 15) is 9.59 Å². The van der Waals surface area contributed by atoms with E-state index in [-0.39, 0.29) is 18.4 Å². The van der Waals surface area contributed by atoms with Crippen LogP contribution in [0.15, 0.2) is 30.3 Å². The van der Waals surface area contributed by atoms with Crippen molar-refractivity contribution in [2.75, 3.05) is 0 Å². The summed E-state index contributed by atoms with van der Waals surface area (Å²) in [5.74, 6) is -0.0707. The summed E-state index contributed by atoms with van der Waals surface area (Å²) in [4.78, 5) is 24.8. The summed E-state index contributed by atoms with van der Waals surface area (Å²) in [6, 6.07) is 9.38. The molecule has 120 valence electrons. The van der Waals surface area contributed by atoms with Gasteiger partial charge in [0.15, 0.2) is 0 Å². The van der Waals surface area contributed by atoms with Crippen molar-refractivity contribution in [3.63, 3.8) is 0 Å². The Hall–Kier alpha value is -2.77. The third kappa shape index (κ3) is 3.91. The second kappa shape index (κ2) is 6.99. The summed E-state index contributed by atoms with van der Waals surface area (Å²) >= 11 is 0. The topological polar surface area (TPSA) is 102 Å². The van der Waals surface area contributed by atoms with Gasteiger partial charge >= 0.3 is 0 Å². The second-order valence-electron chi connectivity index (χ2n) is 5.53. The number of hydrogen-bond donors (Lipinski definition) is 2. The number of tetrazole rings is 1. The van der Waals surface area contributed by atoms with Gasteiger partial charge in [-0.1, -0.05) is 43.2 Å². The predicted molar refractivity (Wildman–Crippen MR) is 81.5 cm³/mol. The lowest BCUT2D eigenvalue weighted by Crippen LogP contribution is -2.45. The number of nitrogens with one attached hydrogen (secondary N) is 2. The molecule has 1 fully saturated rings. The van der Waals surface area contributed by atoms with Crippen LogP contribution in [0.25, 0.3) is 11.4 Å². The first-order valence-electron chi connectivity index (χ1n) is 7.64. The van der Waals surface area contributed by atoms with Crippen molar-refractivity contribution >= 4 is 11.8 Å². The summed E-state index contributed by atoms with van der Waals surface area (Å²) in [5.41, 5.74) is 5.67. The number of hydrogen-bond acceptors (Lipinski definition) is 5. The molecule has 0 saturated heterocycles. The Morgan fingerprint density at radius 1 is 1.13 bits per heavy atom. The molecule has 1 aromatic heterocycles. The molecule has 8 heteroatoms. The van der Waals surface area contributed by atoms with Crippen molar-refractivity contribution in [2.24, 2.45) is 5.92 Å². The third-order valence-corrected chi connectivity index (χ3v) is 3.82. The Bertz CT molecular complexity index is 678. The molecule has 0 radical (unpaired) electrons. The van der Waals surface area contributed by atoms with Gasteiger partial charge in [-0.3, -0.25) is 20.4 Å². The van der Waals surface area contributed by atoms with Crippen LogP contribution < -0.4 is 10.9 Å². The fourth-order valence-corrected chi connectivity index (χ4v) is 2.60. The molecule has 0 spiro atoms. The number of carbonyl (C=O) groups is 2. The number of carbonyl (C=O) groups excluding carboxylic acids is 2. The van der Waals surface area contributed by atoms with Crippen molar-refractivity contribution in [1.82, 2.24) is 31.1 Å². The summed E-state index contributed by atoms with van der Waals surface area (Å²) in [7, 11) is 0. The number of hydrazine groups is 1. The molecule has 1 aromatic carbocycles. The lowest BCUT2D eigenvalue weighted by atomic mass is 10.1. The van der Waals surface area contributed by atoms with Gasteiger partial charge in [-0.2, -0.15) is 4.80 Å². The molecule has 0 bridgehead atoms. The largest absolute Gasteiger partial charge is 0.273 e. The van der Waals surface area contributed by atoms with Crippen LogP contribution in [0.1, 0.15) is 25.7 Å². The lowest BCUT2D eigenvalue weighted by molar-refractivity contribution is -0.131. The van der Waals surface area contributed by atoms with E-state index in [1.807, 2.05) is 30.3 Å². The summed E-state index contributed by atoms with van der Waals surface area (Å²) in [5, 5.41) is 11.9. The van der Waals surface area contributed by atoms with E-state index in [2.05, 4.69) is 26.3 Å². The van der Waals surface area contributed by atoms with Crippen LogP contribution in [0.3, 0.4) is 0 Å². The van der Waals surface area contributed by atoms with Crippen LogP contribution >= 0.6 is 0 Å². The minimum absolute atomic E-state index is 0.00415. The van der Waals surface area contributed by atoms with Crippen LogP contribution in [-0.4, -0.2) is 32.0 Å². The molecule has 1 aliphatic carbocycles. The maximum atomic E-state index is 11.8. The highest BCUT2D eigenvalue weighted by atomic mass is 16.2. The van der Waals surface area contributed by atoms with Gasteiger partial charge in [0.25, 0.3) is 5.91 Å². The Morgan fingerprint density at radius 2 is 1.87 bits per heavy atom. The summed E-state index contributed by atoms with van der Waals surface area (Å²) < 4.78 is 0. The van der Waals surface area contributed by atoms with Crippen molar-refractivity contribution in [3.05, 3.63) is 30.3 Å². The molecule has 2 amide bonds. The maximum Gasteiger partial charge on any atom is 0.262 e. The zero-order valence-electron chi connectivity index (χ0n) is 12.6. The molecular formula is C15H18N6O2. The number of nitrogens with zero attached hydrogens (tertiary/aromatic N) is 4. The fraction of sp³-hybridized carbons (Fsp3) is 0.400. The first-order valence-corrected chi connectivity index (χ1v) is 7.64. The molecule has 3 rings (SSSR count). The highest BCUT2D eigenvalue weighted by Crippen LogP contribution is 2.24. The minimum atomic E-state index is -0.395. The van der Waals surface area contributed by atoms with Gasteiger partial charge in [-0.15, -0.1) is 10.2 Å². The zero-order valence-corrected chi connectivity index (χ0v) is 12.6. The van der Waals surface area contributed by atoms with Gasteiger partial charge in [-0.25, -0.2) is 0 Å². The molecule has 1 aliphatic rings. The van der Waals surface area contributed by atoms with Gasteiger partial charge in [0.1, 0.15) is 6.54 Å². The fourth-order valence-electron chi connectivity index (χ4n) is 2.60. The highest BCUT2D eigenvalue weighted by Gasteiger charge is 2.22. The highest BCUT2D eigenvalue weighted by molar-refractivity contribution is 5.83. The normalized spacial score (nSPS) is 14.6. The molecule has 2 N–H and O–H groups in total. The first kappa shape index (κ1) is 15.1. The zero-order chi connectivity index (χ0) is 16.1. The Labute approximate surface area is 133 Å². The van der Waals surface area contributed by atoms with Gasteiger partial charge in [-0.05, 0) is 18.1 Å². The van der Waals surface area contributed by atoms with Gasteiger partial charge < -0.3 is 0 Å². The summed E-state index contributed by atoms with van der Waals surface area (Å²) in [6.45, 7) is -0.106. The van der Waals surface area contributed by atoms with Gasteiger partial charge in [0.05, 0.1) is 0 Å². The Morgan fingerprint density at radius 3 is 2.61 bits per heavy atom. The monoisotopic (exact) mass is 314 g/mol. The SMILES string of the molecule is O=C(Cn1nnc(-c2ccccc2)n1)NNC(=O)C1CCCC1. The van der Waals surface area contributed by atoms with Crippen LogP contribution in [0, 0.1) is 5.92 Å². The van der Waals surface area contributed by atoms with Crippen LogP contribution in [0.5, 0.6) is 0 Å². The molecule has 0 atom stereocenters. The quantitative estimate of drug-likeness (QED) is 0.808. The van der Waals surface area contributed by atoms with Crippen molar-refractivity contribution < 1.29 is 9.59 Å². The van der Waals surface area contributed by atoms with E-state index in [1.165, 1.54) is 4.80 Å². The number of benzene rings is 1. The van der Waals surface area contributed by atoms with Crippen LogP contribution in [0.2, 0.25) is 0 Å². The average molecular weight is 314 g/mol. The average Bonchev–Trinajstić information content (AvgIpc) is 3.25. The van der Waals surface area contributed by atoms with E-state index < -0.39 is 5.91 Å². The lowest BCUT2D eigenvalue weighted by Gasteiger charge is -2.10. The predicted octanol–water partition coefficient (Wildman–Crippen LogP) is 0.678. The van der Waals surface area contributed by atoms with Crippen molar-refractivity contribution in [3.8, 4) is 11.4 Å². The number of amides is 2. The first-order chi connectivity index (χ1) is 11.2. The van der Waals surface area contributed by atoms with E-state index >= 15 is 0 Å². The molecular weight excluding hydrogens is 296 g/mol. The Kier molecular flexibility index (Phi) is 4.60. The maximum absolute atomic E-state index is 11.8. The molecule has 0 aliphatic heterocycles. The minimum Gasteiger partial charge on any atom is -0.273 e. The van der Waals surface area contributed by atoms with Crippen molar-refractivity contribution in [1.29, 1.82) is 0 Å². The third-order valence-electron chi connectivity index (χ3n) is 3.82. The van der Waals surface area contributed by atoms with Crippen LogP contribution in [-0.2, 0) is 16.1 Å². The molecule has 23 heavy (non-hydrogen) atoms. The standard InChI is InChI=1S/C15H18N6O2/c22-13(16-18-15(23)12-8-4-5-9-12)10-21-19-14(17-20-21)11-6-2-1-3-7-11/h1-3,6-7,12H,4-5,8-10H2,(H,16,22)(H,18,23).